The lowest BCUT2D eigenvalue weighted by Crippen LogP contribution is -2.45. The van der Waals surface area contributed by atoms with E-state index in [9.17, 15) is 9.18 Å². The van der Waals surface area contributed by atoms with Gasteiger partial charge in [-0.15, -0.1) is 0 Å². The minimum atomic E-state index is -0.162. The molecule has 3 aliphatic rings. The van der Waals surface area contributed by atoms with Gasteiger partial charge in [-0.05, 0) is 31.2 Å². The van der Waals surface area contributed by atoms with Crippen LogP contribution in [0.3, 0.4) is 0 Å². The van der Waals surface area contributed by atoms with Crippen LogP contribution in [0.25, 0.3) is 0 Å². The van der Waals surface area contributed by atoms with E-state index in [-0.39, 0.29) is 29.9 Å². The highest BCUT2D eigenvalue weighted by Crippen LogP contribution is 2.33. The van der Waals surface area contributed by atoms with Gasteiger partial charge in [0.25, 0.3) is 0 Å². The number of rotatable bonds is 5. The van der Waals surface area contributed by atoms with E-state index in [4.69, 9.17) is 4.74 Å². The lowest BCUT2D eigenvalue weighted by Gasteiger charge is -2.32. The van der Waals surface area contributed by atoms with E-state index in [1.807, 2.05) is 12.1 Å². The number of nitrogens with zero attached hydrogens (tertiary/aromatic N) is 1. The first-order chi connectivity index (χ1) is 11.2. The fourth-order valence-electron chi connectivity index (χ4n) is 3.71. The van der Waals surface area contributed by atoms with E-state index in [2.05, 4.69) is 10.2 Å². The standard InChI is InChI=1S/C18H23FN2O2/c19-16-4-2-1-3-13(16)9-21-10-14-7-15(17(11-21)23-14)18(22)20-8-12-5-6-12/h1-4,12,14-15,17H,5-11H2,(H,20,22)/t14-,15+,17-/m1/s1. The summed E-state index contributed by atoms with van der Waals surface area (Å²) < 4.78 is 19.8. The van der Waals surface area contributed by atoms with E-state index >= 15 is 0 Å². The number of carbonyl (C=O) groups excluding carboxylic acids is 1. The summed E-state index contributed by atoms with van der Waals surface area (Å²) in [5.41, 5.74) is 0.712. The minimum Gasteiger partial charge on any atom is -0.371 e. The Morgan fingerprint density at radius 2 is 2.13 bits per heavy atom. The van der Waals surface area contributed by atoms with Crippen LogP contribution in [-0.4, -0.2) is 42.6 Å². The van der Waals surface area contributed by atoms with Crippen LogP contribution in [0.4, 0.5) is 4.39 Å². The van der Waals surface area contributed by atoms with E-state index in [0.29, 0.717) is 24.6 Å². The molecule has 2 aliphatic heterocycles. The number of benzene rings is 1. The number of morpholine rings is 1. The lowest BCUT2D eigenvalue weighted by molar-refractivity contribution is -0.128. The second kappa shape index (κ2) is 6.21. The highest BCUT2D eigenvalue weighted by Gasteiger charge is 2.44. The number of likely N-dealkylation sites (tertiary alicyclic amines) is 1. The van der Waals surface area contributed by atoms with Crippen LogP contribution in [0.15, 0.2) is 24.3 Å². The molecule has 5 heteroatoms. The van der Waals surface area contributed by atoms with Crippen LogP contribution in [0.5, 0.6) is 0 Å². The molecule has 4 rings (SSSR count). The van der Waals surface area contributed by atoms with Crippen molar-refractivity contribution in [3.8, 4) is 0 Å². The Kier molecular flexibility index (Phi) is 4.07. The molecule has 2 saturated heterocycles. The molecule has 0 radical (unpaired) electrons. The molecule has 0 spiro atoms. The highest BCUT2D eigenvalue weighted by atomic mass is 19.1. The lowest BCUT2D eigenvalue weighted by atomic mass is 9.99. The molecule has 3 atom stereocenters. The second-order valence-corrected chi connectivity index (χ2v) is 7.11. The SMILES string of the molecule is O=C(NCC1CC1)[C@H]1C[C@@H]2CN(Cc3ccccc3F)C[C@H]1O2. The second-order valence-electron chi connectivity index (χ2n) is 7.11. The van der Waals surface area contributed by atoms with Gasteiger partial charge >= 0.3 is 0 Å². The molecule has 1 N–H and O–H groups in total. The largest absolute Gasteiger partial charge is 0.371 e. The first kappa shape index (κ1) is 15.1. The molecule has 1 aromatic carbocycles. The van der Waals surface area contributed by atoms with Crippen molar-refractivity contribution in [1.29, 1.82) is 0 Å². The molecule has 23 heavy (non-hydrogen) atoms. The van der Waals surface area contributed by atoms with Crippen LogP contribution in [-0.2, 0) is 16.1 Å². The van der Waals surface area contributed by atoms with Gasteiger partial charge in [0, 0.05) is 31.7 Å². The Labute approximate surface area is 136 Å². The third kappa shape index (κ3) is 3.40. The maximum atomic E-state index is 13.8. The first-order valence-corrected chi connectivity index (χ1v) is 8.58. The van der Waals surface area contributed by atoms with Crippen molar-refractivity contribution in [3.63, 3.8) is 0 Å². The number of hydrogen-bond donors (Lipinski definition) is 1. The molecular weight excluding hydrogens is 295 g/mol. The Morgan fingerprint density at radius 3 is 2.91 bits per heavy atom. The smallest absolute Gasteiger partial charge is 0.225 e. The topological polar surface area (TPSA) is 41.6 Å². The van der Waals surface area contributed by atoms with Crippen molar-refractivity contribution >= 4 is 5.91 Å². The molecular formula is C18H23FN2O2. The molecule has 3 fully saturated rings. The first-order valence-electron chi connectivity index (χ1n) is 8.58. The molecule has 1 saturated carbocycles. The zero-order valence-corrected chi connectivity index (χ0v) is 13.2. The van der Waals surface area contributed by atoms with Crippen LogP contribution in [0.2, 0.25) is 0 Å². The van der Waals surface area contributed by atoms with Crippen molar-refractivity contribution in [3.05, 3.63) is 35.6 Å². The number of hydrogen-bond acceptors (Lipinski definition) is 3. The van der Waals surface area contributed by atoms with Gasteiger partial charge in [-0.1, -0.05) is 18.2 Å². The summed E-state index contributed by atoms with van der Waals surface area (Å²) in [6.45, 7) is 2.87. The molecule has 1 aromatic rings. The average molecular weight is 318 g/mol. The van der Waals surface area contributed by atoms with Gasteiger partial charge in [0.15, 0.2) is 0 Å². The molecule has 124 valence electrons. The third-order valence-electron chi connectivity index (χ3n) is 5.18. The number of ether oxygens (including phenoxy) is 1. The summed E-state index contributed by atoms with van der Waals surface area (Å²) in [5.74, 6) is 0.616. The Balaban J connectivity index is 1.36. The molecule has 1 amide bonds. The maximum Gasteiger partial charge on any atom is 0.225 e. The van der Waals surface area contributed by atoms with E-state index in [1.165, 1.54) is 18.9 Å². The van der Waals surface area contributed by atoms with E-state index in [0.717, 1.165) is 19.5 Å². The Hall–Kier alpha value is -1.46. The van der Waals surface area contributed by atoms with Gasteiger partial charge in [0.1, 0.15) is 5.82 Å². The number of carbonyl (C=O) groups is 1. The predicted molar refractivity (Wildman–Crippen MR) is 84.2 cm³/mol. The van der Waals surface area contributed by atoms with Gasteiger partial charge in [-0.3, -0.25) is 9.69 Å². The quantitative estimate of drug-likeness (QED) is 0.902. The van der Waals surface area contributed by atoms with Crippen LogP contribution >= 0.6 is 0 Å². The highest BCUT2D eigenvalue weighted by molar-refractivity contribution is 5.79. The van der Waals surface area contributed by atoms with Gasteiger partial charge < -0.3 is 10.1 Å². The summed E-state index contributed by atoms with van der Waals surface area (Å²) in [6.07, 6.45) is 3.31. The number of halogens is 1. The third-order valence-corrected chi connectivity index (χ3v) is 5.18. The summed E-state index contributed by atoms with van der Waals surface area (Å²) in [4.78, 5) is 14.6. The summed E-state index contributed by atoms with van der Waals surface area (Å²) >= 11 is 0. The number of fused-ring (bicyclic) bond motifs is 2. The molecule has 0 aromatic heterocycles. The van der Waals surface area contributed by atoms with Gasteiger partial charge in [0.2, 0.25) is 5.91 Å². The van der Waals surface area contributed by atoms with Crippen LogP contribution < -0.4 is 5.32 Å². The van der Waals surface area contributed by atoms with Gasteiger partial charge in [-0.25, -0.2) is 4.39 Å². The van der Waals surface area contributed by atoms with Crippen molar-refractivity contribution < 1.29 is 13.9 Å². The van der Waals surface area contributed by atoms with Crippen molar-refractivity contribution in [2.75, 3.05) is 19.6 Å². The minimum absolute atomic E-state index is 0.0515. The normalized spacial score (nSPS) is 30.4. The number of nitrogens with one attached hydrogen (secondary N) is 1. The Morgan fingerprint density at radius 1 is 1.30 bits per heavy atom. The van der Waals surface area contributed by atoms with E-state index in [1.54, 1.807) is 6.07 Å². The monoisotopic (exact) mass is 318 g/mol. The summed E-state index contributed by atoms with van der Waals surface area (Å²) in [5, 5.41) is 3.08. The average Bonchev–Trinajstić information content (AvgIpc) is 3.32. The van der Waals surface area contributed by atoms with E-state index < -0.39 is 0 Å². The Bertz CT molecular complexity index is 590. The predicted octanol–water partition coefficient (Wildman–Crippen LogP) is 1.94. The van der Waals surface area contributed by atoms with Gasteiger partial charge in [-0.2, -0.15) is 0 Å². The molecule has 2 heterocycles. The fraction of sp³-hybridized carbons (Fsp3) is 0.611. The van der Waals surface area contributed by atoms with Crippen LogP contribution in [0.1, 0.15) is 24.8 Å². The molecule has 4 nitrogen and oxygen atoms in total. The fourth-order valence-corrected chi connectivity index (χ4v) is 3.71. The summed E-state index contributed by atoms with van der Waals surface area (Å²) in [7, 11) is 0. The zero-order valence-electron chi connectivity index (χ0n) is 13.2. The molecule has 1 aliphatic carbocycles. The van der Waals surface area contributed by atoms with Crippen molar-refractivity contribution in [2.24, 2.45) is 11.8 Å². The van der Waals surface area contributed by atoms with Crippen LogP contribution in [0, 0.1) is 17.7 Å². The molecule has 0 unspecified atom stereocenters. The van der Waals surface area contributed by atoms with Crippen molar-refractivity contribution in [2.45, 2.75) is 38.0 Å². The molecule has 2 bridgehead atoms. The number of amides is 1. The summed E-state index contributed by atoms with van der Waals surface area (Å²) in [6, 6.07) is 6.90. The zero-order chi connectivity index (χ0) is 15.8. The maximum absolute atomic E-state index is 13.8. The van der Waals surface area contributed by atoms with Gasteiger partial charge in [0.05, 0.1) is 18.1 Å². The van der Waals surface area contributed by atoms with Crippen molar-refractivity contribution in [1.82, 2.24) is 10.2 Å².